The molecule has 3 rings (SSSR count). The fraction of sp³-hybridized carbons (Fsp3) is 0.529. The minimum absolute atomic E-state index is 0.00371. The minimum Gasteiger partial charge on any atom is -0.466 e. The van der Waals surface area contributed by atoms with Crippen molar-refractivity contribution in [3.05, 3.63) is 22.7 Å². The van der Waals surface area contributed by atoms with Gasteiger partial charge in [0.05, 0.1) is 13.0 Å². The Balaban J connectivity index is 1.48. The minimum atomic E-state index is -0.322. The molecule has 0 saturated carbocycles. The number of carbonyl (C=O) groups excluding carboxylic acids is 2. The van der Waals surface area contributed by atoms with Gasteiger partial charge in [-0.05, 0) is 31.2 Å². The Kier molecular flexibility index (Phi) is 5.80. The zero-order valence-corrected chi connectivity index (χ0v) is 15.0. The summed E-state index contributed by atoms with van der Waals surface area (Å²) >= 11 is 1.59. The monoisotopic (exact) mass is 363 g/mol. The van der Waals surface area contributed by atoms with Gasteiger partial charge >= 0.3 is 5.97 Å². The van der Waals surface area contributed by atoms with Crippen LogP contribution in [0.5, 0.6) is 0 Å². The highest BCUT2D eigenvalue weighted by Gasteiger charge is 2.27. The molecule has 2 aromatic rings. The zero-order valence-electron chi connectivity index (χ0n) is 14.1. The molecule has 1 saturated heterocycles. The summed E-state index contributed by atoms with van der Waals surface area (Å²) in [6, 6.07) is 1.95. The van der Waals surface area contributed by atoms with Gasteiger partial charge in [-0.2, -0.15) is 11.3 Å². The maximum atomic E-state index is 12.2. The molecular weight excluding hydrogens is 342 g/mol. The number of aromatic nitrogens is 2. The summed E-state index contributed by atoms with van der Waals surface area (Å²) in [5.41, 5.74) is 0.940. The molecule has 2 aromatic heterocycles. The van der Waals surface area contributed by atoms with Crippen LogP contribution < -0.4 is 0 Å². The van der Waals surface area contributed by atoms with E-state index < -0.39 is 0 Å². The van der Waals surface area contributed by atoms with Crippen LogP contribution in [-0.4, -0.2) is 46.7 Å². The lowest BCUT2D eigenvalue weighted by Crippen LogP contribution is -2.38. The summed E-state index contributed by atoms with van der Waals surface area (Å²) in [7, 11) is 0. The topological polar surface area (TPSA) is 85.5 Å². The van der Waals surface area contributed by atoms with E-state index in [2.05, 4.69) is 10.2 Å². The van der Waals surface area contributed by atoms with E-state index in [1.54, 1.807) is 23.2 Å². The average molecular weight is 363 g/mol. The smallest absolute Gasteiger partial charge is 0.306 e. The third-order valence-corrected chi connectivity index (χ3v) is 4.94. The molecule has 134 valence electrons. The maximum Gasteiger partial charge on any atom is 0.306 e. The normalized spacial score (nSPS) is 15.3. The molecule has 0 bridgehead atoms. The van der Waals surface area contributed by atoms with Gasteiger partial charge in [-0.15, -0.1) is 10.2 Å². The molecule has 7 nitrogen and oxygen atoms in total. The largest absolute Gasteiger partial charge is 0.466 e. The zero-order chi connectivity index (χ0) is 17.6. The van der Waals surface area contributed by atoms with Crippen molar-refractivity contribution < 1.29 is 18.7 Å². The van der Waals surface area contributed by atoms with Crippen LogP contribution in [0.15, 0.2) is 21.2 Å². The maximum absolute atomic E-state index is 12.2. The van der Waals surface area contributed by atoms with Crippen molar-refractivity contribution in [1.29, 1.82) is 0 Å². The Labute approximate surface area is 150 Å². The van der Waals surface area contributed by atoms with Crippen LogP contribution in [0.4, 0.5) is 0 Å². The first-order valence-corrected chi connectivity index (χ1v) is 9.41. The highest BCUT2D eigenvalue weighted by atomic mass is 32.1. The standard InChI is InChI=1S/C17H21N3O4S/c1-2-23-15(22)4-3-14(21)20-8-5-12(6-9-20)16-18-19-17(24-16)13-7-10-25-11-13/h7,10-12H,2-6,8-9H2,1H3. The number of rotatable bonds is 6. The molecule has 0 spiro atoms. The van der Waals surface area contributed by atoms with Crippen molar-refractivity contribution in [3.63, 3.8) is 0 Å². The Bertz CT molecular complexity index is 705. The quantitative estimate of drug-likeness (QED) is 0.734. The average Bonchev–Trinajstić information content (AvgIpc) is 3.31. The molecule has 0 radical (unpaired) electrons. The number of likely N-dealkylation sites (tertiary alicyclic amines) is 1. The number of carbonyl (C=O) groups is 2. The number of thiophene rings is 1. The predicted molar refractivity (Wildman–Crippen MR) is 92.0 cm³/mol. The highest BCUT2D eigenvalue weighted by Crippen LogP contribution is 2.30. The van der Waals surface area contributed by atoms with Crippen molar-refractivity contribution in [2.24, 2.45) is 0 Å². The van der Waals surface area contributed by atoms with Gasteiger partial charge in [-0.3, -0.25) is 9.59 Å². The fourth-order valence-corrected chi connectivity index (χ4v) is 3.51. The van der Waals surface area contributed by atoms with Gasteiger partial charge < -0.3 is 14.1 Å². The van der Waals surface area contributed by atoms with Crippen molar-refractivity contribution in [1.82, 2.24) is 15.1 Å². The van der Waals surface area contributed by atoms with Gasteiger partial charge in [0.25, 0.3) is 0 Å². The number of esters is 1. The summed E-state index contributed by atoms with van der Waals surface area (Å²) < 4.78 is 10.6. The van der Waals surface area contributed by atoms with Crippen molar-refractivity contribution in [3.8, 4) is 11.5 Å². The van der Waals surface area contributed by atoms with Gasteiger partial charge in [-0.25, -0.2) is 0 Å². The van der Waals surface area contributed by atoms with Crippen LogP contribution in [0.2, 0.25) is 0 Å². The third-order valence-electron chi connectivity index (χ3n) is 4.25. The number of ether oxygens (including phenoxy) is 1. The van der Waals surface area contributed by atoms with Gasteiger partial charge in [0.15, 0.2) is 0 Å². The van der Waals surface area contributed by atoms with E-state index in [0.29, 0.717) is 31.5 Å². The Morgan fingerprint density at radius 3 is 2.80 bits per heavy atom. The van der Waals surface area contributed by atoms with E-state index in [0.717, 1.165) is 18.4 Å². The molecule has 1 aliphatic rings. The number of piperidine rings is 1. The van der Waals surface area contributed by atoms with Crippen LogP contribution >= 0.6 is 11.3 Å². The lowest BCUT2D eigenvalue weighted by atomic mass is 9.96. The van der Waals surface area contributed by atoms with Crippen LogP contribution in [0.25, 0.3) is 11.5 Å². The molecule has 3 heterocycles. The summed E-state index contributed by atoms with van der Waals surface area (Å²) in [6.45, 7) is 3.38. The van der Waals surface area contributed by atoms with E-state index in [-0.39, 0.29) is 30.6 Å². The molecule has 1 aliphatic heterocycles. The second-order valence-electron chi connectivity index (χ2n) is 5.92. The number of amides is 1. The number of hydrogen-bond acceptors (Lipinski definition) is 7. The molecule has 0 unspecified atom stereocenters. The summed E-state index contributed by atoms with van der Waals surface area (Å²) in [5.74, 6) is 1.03. The second-order valence-corrected chi connectivity index (χ2v) is 6.70. The van der Waals surface area contributed by atoms with Crippen molar-refractivity contribution in [2.45, 2.75) is 38.5 Å². The number of hydrogen-bond donors (Lipinski definition) is 0. The first-order valence-electron chi connectivity index (χ1n) is 8.46. The lowest BCUT2D eigenvalue weighted by Gasteiger charge is -2.30. The molecule has 0 aliphatic carbocycles. The first-order chi connectivity index (χ1) is 12.2. The van der Waals surface area contributed by atoms with E-state index >= 15 is 0 Å². The molecule has 1 fully saturated rings. The molecule has 1 amide bonds. The van der Waals surface area contributed by atoms with Crippen LogP contribution in [0.1, 0.15) is 44.4 Å². The lowest BCUT2D eigenvalue weighted by molar-refractivity contribution is -0.145. The SMILES string of the molecule is CCOC(=O)CCC(=O)N1CCC(c2nnc(-c3ccsc3)o2)CC1. The van der Waals surface area contributed by atoms with Crippen molar-refractivity contribution >= 4 is 23.2 Å². The highest BCUT2D eigenvalue weighted by molar-refractivity contribution is 7.08. The van der Waals surface area contributed by atoms with Gasteiger partial charge in [0, 0.05) is 36.4 Å². The molecule has 0 aromatic carbocycles. The van der Waals surface area contributed by atoms with Crippen molar-refractivity contribution in [2.75, 3.05) is 19.7 Å². The summed E-state index contributed by atoms with van der Waals surface area (Å²) in [5, 5.41) is 12.2. The predicted octanol–water partition coefficient (Wildman–Crippen LogP) is 2.85. The van der Waals surface area contributed by atoms with Gasteiger partial charge in [0.2, 0.25) is 17.7 Å². The summed E-state index contributed by atoms with van der Waals surface area (Å²) in [6.07, 6.45) is 1.92. The Morgan fingerprint density at radius 2 is 2.12 bits per heavy atom. The first kappa shape index (κ1) is 17.6. The fourth-order valence-electron chi connectivity index (χ4n) is 2.88. The van der Waals surface area contributed by atoms with E-state index in [1.165, 1.54) is 0 Å². The van der Waals surface area contributed by atoms with E-state index in [4.69, 9.17) is 9.15 Å². The van der Waals surface area contributed by atoms with Crippen LogP contribution in [0, 0.1) is 0 Å². The van der Waals surface area contributed by atoms with Crippen LogP contribution in [0.3, 0.4) is 0 Å². The number of nitrogens with zero attached hydrogens (tertiary/aromatic N) is 3. The second kappa shape index (κ2) is 8.24. The Morgan fingerprint density at radius 1 is 1.32 bits per heavy atom. The molecule has 0 N–H and O–H groups in total. The van der Waals surface area contributed by atoms with E-state index in [1.807, 2.05) is 16.8 Å². The molecule has 8 heteroatoms. The molecular formula is C17H21N3O4S. The summed E-state index contributed by atoms with van der Waals surface area (Å²) in [4.78, 5) is 25.3. The molecule has 25 heavy (non-hydrogen) atoms. The van der Waals surface area contributed by atoms with Gasteiger partial charge in [0.1, 0.15) is 0 Å². The molecule has 0 atom stereocenters. The van der Waals surface area contributed by atoms with E-state index in [9.17, 15) is 9.59 Å². The van der Waals surface area contributed by atoms with Gasteiger partial charge in [-0.1, -0.05) is 0 Å². The Hall–Kier alpha value is -2.22. The third kappa shape index (κ3) is 4.45. The van der Waals surface area contributed by atoms with Crippen LogP contribution in [-0.2, 0) is 14.3 Å².